The van der Waals surface area contributed by atoms with Crippen LogP contribution in [0, 0.1) is 0 Å². The summed E-state index contributed by atoms with van der Waals surface area (Å²) in [4.78, 5) is 0. The molecule has 0 bridgehead atoms. The van der Waals surface area contributed by atoms with Gasteiger partial charge in [0.25, 0.3) is 0 Å². The Bertz CT molecular complexity index is 357. The third-order valence-corrected chi connectivity index (χ3v) is 2.91. The van der Waals surface area contributed by atoms with Crippen molar-refractivity contribution in [2.24, 2.45) is 0 Å². The van der Waals surface area contributed by atoms with Gasteiger partial charge in [0.05, 0.1) is 6.54 Å². The summed E-state index contributed by atoms with van der Waals surface area (Å²) in [6, 6.07) is 1.19. The lowest BCUT2D eigenvalue weighted by Gasteiger charge is -2.23. The van der Waals surface area contributed by atoms with E-state index in [9.17, 15) is 0 Å². The predicted molar refractivity (Wildman–Crippen MR) is 66.8 cm³/mol. The summed E-state index contributed by atoms with van der Waals surface area (Å²) < 4.78 is 5.55. The Hall–Kier alpha value is -1.10. The number of rotatable bonds is 7. The van der Waals surface area contributed by atoms with E-state index < -0.39 is 0 Å². The van der Waals surface area contributed by atoms with E-state index in [2.05, 4.69) is 41.6 Å². The van der Waals surface area contributed by atoms with Gasteiger partial charge in [-0.1, -0.05) is 18.4 Å². The number of hydrogen-bond donors (Lipinski definition) is 2. The molecule has 0 radical (unpaired) electrons. The second kappa shape index (κ2) is 5.04. The maximum Gasteiger partial charge on any atom is 0.315 e. The molecule has 0 saturated heterocycles. The minimum Gasteiger partial charge on any atom is -0.407 e. The van der Waals surface area contributed by atoms with Crippen LogP contribution in [0.3, 0.4) is 0 Å². The molecule has 1 aromatic heterocycles. The first kappa shape index (κ1) is 12.4. The smallest absolute Gasteiger partial charge is 0.315 e. The molecule has 5 heteroatoms. The highest BCUT2D eigenvalue weighted by atomic mass is 16.4. The molecule has 0 spiro atoms. The van der Waals surface area contributed by atoms with Gasteiger partial charge in [0.2, 0.25) is 5.89 Å². The van der Waals surface area contributed by atoms with Crippen LogP contribution >= 0.6 is 0 Å². The molecule has 2 rings (SSSR count). The van der Waals surface area contributed by atoms with Crippen molar-refractivity contribution in [3.05, 3.63) is 5.89 Å². The molecule has 1 aliphatic rings. The largest absolute Gasteiger partial charge is 0.407 e. The average Bonchev–Trinajstić information content (AvgIpc) is 2.97. The van der Waals surface area contributed by atoms with Crippen molar-refractivity contribution in [1.29, 1.82) is 0 Å². The fourth-order valence-corrected chi connectivity index (χ4v) is 1.87. The van der Waals surface area contributed by atoms with Crippen molar-refractivity contribution in [3.8, 4) is 0 Å². The van der Waals surface area contributed by atoms with Crippen LogP contribution in [-0.2, 0) is 6.54 Å². The Balaban J connectivity index is 1.83. The molecular weight excluding hydrogens is 216 g/mol. The summed E-state index contributed by atoms with van der Waals surface area (Å²) in [7, 11) is 0. The lowest BCUT2D eigenvalue weighted by atomic mass is 9.99. The zero-order valence-electron chi connectivity index (χ0n) is 10.9. The third kappa shape index (κ3) is 4.00. The molecule has 0 aliphatic heterocycles. The summed E-state index contributed by atoms with van der Waals surface area (Å²) in [6.07, 6.45) is 4.74. The van der Waals surface area contributed by atoms with E-state index in [4.69, 9.17) is 4.42 Å². The number of nitrogens with zero attached hydrogens (tertiary/aromatic N) is 2. The Kier molecular flexibility index (Phi) is 3.66. The van der Waals surface area contributed by atoms with Crippen LogP contribution in [0.5, 0.6) is 0 Å². The van der Waals surface area contributed by atoms with Crippen molar-refractivity contribution in [3.63, 3.8) is 0 Å². The fourth-order valence-electron chi connectivity index (χ4n) is 1.87. The molecule has 17 heavy (non-hydrogen) atoms. The molecule has 5 nitrogen and oxygen atoms in total. The first-order chi connectivity index (χ1) is 8.09. The van der Waals surface area contributed by atoms with Gasteiger partial charge in [-0.3, -0.25) is 0 Å². The van der Waals surface area contributed by atoms with E-state index in [1.807, 2.05) is 0 Å². The van der Waals surface area contributed by atoms with Gasteiger partial charge in [-0.2, -0.15) is 0 Å². The number of hydrogen-bond acceptors (Lipinski definition) is 5. The molecule has 96 valence electrons. The van der Waals surface area contributed by atoms with Crippen LogP contribution in [0.15, 0.2) is 4.42 Å². The van der Waals surface area contributed by atoms with E-state index in [-0.39, 0.29) is 5.54 Å². The van der Waals surface area contributed by atoms with Crippen molar-refractivity contribution in [2.45, 2.75) is 64.6 Å². The van der Waals surface area contributed by atoms with Crippen LogP contribution in [0.4, 0.5) is 6.01 Å². The molecule has 1 aliphatic carbocycles. The van der Waals surface area contributed by atoms with Gasteiger partial charge in [0, 0.05) is 11.6 Å². The second-order valence-corrected chi connectivity index (χ2v) is 5.42. The summed E-state index contributed by atoms with van der Waals surface area (Å²) >= 11 is 0. The molecule has 1 saturated carbocycles. The van der Waals surface area contributed by atoms with E-state index in [0.717, 1.165) is 12.8 Å². The van der Waals surface area contributed by atoms with Gasteiger partial charge in [-0.25, -0.2) is 0 Å². The van der Waals surface area contributed by atoms with Crippen LogP contribution in [0.1, 0.15) is 52.3 Å². The monoisotopic (exact) mass is 238 g/mol. The zero-order chi connectivity index (χ0) is 12.3. The Morgan fingerprint density at radius 1 is 1.35 bits per heavy atom. The molecular formula is C12H22N4O. The molecule has 0 atom stereocenters. The Morgan fingerprint density at radius 2 is 2.12 bits per heavy atom. The highest BCUT2D eigenvalue weighted by Gasteiger charge is 2.22. The highest BCUT2D eigenvalue weighted by Crippen LogP contribution is 2.20. The molecule has 0 unspecified atom stereocenters. The van der Waals surface area contributed by atoms with Crippen molar-refractivity contribution < 1.29 is 4.42 Å². The van der Waals surface area contributed by atoms with Gasteiger partial charge < -0.3 is 15.1 Å². The fraction of sp³-hybridized carbons (Fsp3) is 0.833. The number of aromatic nitrogens is 2. The normalized spacial score (nSPS) is 16.2. The zero-order valence-corrected chi connectivity index (χ0v) is 10.9. The Labute approximate surface area is 102 Å². The van der Waals surface area contributed by atoms with E-state index >= 15 is 0 Å². The van der Waals surface area contributed by atoms with Gasteiger partial charge in [-0.05, 0) is 33.1 Å². The maximum absolute atomic E-state index is 5.55. The maximum atomic E-state index is 5.55. The topological polar surface area (TPSA) is 63.0 Å². The van der Waals surface area contributed by atoms with Crippen LogP contribution in [0.25, 0.3) is 0 Å². The molecule has 0 amide bonds. The quantitative estimate of drug-likeness (QED) is 0.763. The van der Waals surface area contributed by atoms with E-state index in [1.165, 1.54) is 12.8 Å². The summed E-state index contributed by atoms with van der Waals surface area (Å²) in [6.45, 7) is 7.13. The van der Waals surface area contributed by atoms with Gasteiger partial charge in [0.15, 0.2) is 0 Å². The standard InChI is InChI=1S/C12H22N4O/c1-4-7-12(2,3)14-11-16-15-10(17-11)8-13-9-5-6-9/h9,13H,4-8H2,1-3H3,(H,14,16). The lowest BCUT2D eigenvalue weighted by molar-refractivity contribution is 0.445. The minimum absolute atomic E-state index is 0.00245. The summed E-state index contributed by atoms with van der Waals surface area (Å²) in [5, 5.41) is 14.7. The van der Waals surface area contributed by atoms with Gasteiger partial charge >= 0.3 is 6.01 Å². The molecule has 2 N–H and O–H groups in total. The number of nitrogens with one attached hydrogen (secondary N) is 2. The average molecular weight is 238 g/mol. The molecule has 0 aromatic carbocycles. The van der Waals surface area contributed by atoms with Crippen molar-refractivity contribution >= 4 is 6.01 Å². The molecule has 1 heterocycles. The summed E-state index contributed by atoms with van der Waals surface area (Å²) in [5.74, 6) is 0.659. The second-order valence-electron chi connectivity index (χ2n) is 5.42. The SMILES string of the molecule is CCCC(C)(C)Nc1nnc(CNC2CC2)o1. The van der Waals surface area contributed by atoms with Crippen LogP contribution in [0.2, 0.25) is 0 Å². The predicted octanol–water partition coefficient (Wildman–Crippen LogP) is 2.31. The van der Waals surface area contributed by atoms with E-state index in [1.54, 1.807) is 0 Å². The minimum atomic E-state index is 0.00245. The first-order valence-corrected chi connectivity index (χ1v) is 6.43. The summed E-state index contributed by atoms with van der Waals surface area (Å²) in [5.41, 5.74) is 0.00245. The number of anilines is 1. The highest BCUT2D eigenvalue weighted by molar-refractivity contribution is 5.22. The molecule has 1 aromatic rings. The van der Waals surface area contributed by atoms with Gasteiger partial charge in [0.1, 0.15) is 0 Å². The van der Waals surface area contributed by atoms with Gasteiger partial charge in [-0.15, -0.1) is 5.10 Å². The third-order valence-electron chi connectivity index (χ3n) is 2.91. The van der Waals surface area contributed by atoms with E-state index in [0.29, 0.717) is 24.5 Å². The van der Waals surface area contributed by atoms with Crippen molar-refractivity contribution in [1.82, 2.24) is 15.5 Å². The molecule has 1 fully saturated rings. The first-order valence-electron chi connectivity index (χ1n) is 6.43. The van der Waals surface area contributed by atoms with Crippen LogP contribution < -0.4 is 10.6 Å². The van der Waals surface area contributed by atoms with Crippen molar-refractivity contribution in [2.75, 3.05) is 5.32 Å². The lowest BCUT2D eigenvalue weighted by Crippen LogP contribution is -2.30. The van der Waals surface area contributed by atoms with Crippen LogP contribution in [-0.4, -0.2) is 21.8 Å². The Morgan fingerprint density at radius 3 is 2.76 bits per heavy atom.